The Balaban J connectivity index is 1.19. The smallest absolute Gasteiger partial charge is 0.175 e. The van der Waals surface area contributed by atoms with Crippen molar-refractivity contribution >= 4 is 33.2 Å². The lowest BCUT2D eigenvalue weighted by molar-refractivity contribution is 0.0973. The summed E-state index contributed by atoms with van der Waals surface area (Å²) in [5.41, 5.74) is 7.01. The van der Waals surface area contributed by atoms with Crippen LogP contribution in [0.2, 0.25) is 0 Å². The second-order valence-corrected chi connectivity index (χ2v) is 14.3. The van der Waals surface area contributed by atoms with Crippen molar-refractivity contribution in [2.75, 3.05) is 48.9 Å². The third-order valence-corrected chi connectivity index (χ3v) is 11.1. The third kappa shape index (κ3) is 4.51. The zero-order chi connectivity index (χ0) is 26.7. The van der Waals surface area contributed by atoms with Gasteiger partial charge in [-0.15, -0.1) is 0 Å². The molecule has 206 valence electrons. The van der Waals surface area contributed by atoms with E-state index in [2.05, 4.69) is 9.88 Å². The summed E-state index contributed by atoms with van der Waals surface area (Å²) in [4.78, 5) is 19.0. The molecule has 0 unspecified atom stereocenters. The topological polar surface area (TPSA) is 144 Å². The first-order valence-corrected chi connectivity index (χ1v) is 15.8. The van der Waals surface area contributed by atoms with Crippen molar-refractivity contribution < 1.29 is 23.0 Å². The van der Waals surface area contributed by atoms with Crippen LogP contribution in [0.4, 0.5) is 11.6 Å². The maximum atomic E-state index is 12.1. The predicted octanol–water partition coefficient (Wildman–Crippen LogP) is 1.23. The number of rotatable bonds is 5. The molecule has 0 radical (unpaired) electrons. The third-order valence-electron chi connectivity index (χ3n) is 8.59. The van der Waals surface area contributed by atoms with E-state index >= 15 is 0 Å². The van der Waals surface area contributed by atoms with E-state index in [1.807, 2.05) is 17.9 Å². The standard InChI is InChI=1S/C25H34N6O5S2/c1-15-22(26)25(14-36-15)4-7-30(8-5-25)23-18(12-32)29-20(10-28-23)37-19-3-6-27-24-21(19)35-13-16-9-17(11-31(16)24)38(2,33)34/h3,6,10,15-17,22,32H,4-5,7-9,11-14,26H2,1-2H3/t15-,16-,17-,22+/m0/s1. The minimum Gasteiger partial charge on any atom is -0.486 e. The summed E-state index contributed by atoms with van der Waals surface area (Å²) in [6, 6.07) is 1.89. The minimum atomic E-state index is -3.14. The lowest BCUT2D eigenvalue weighted by Gasteiger charge is -2.41. The summed E-state index contributed by atoms with van der Waals surface area (Å²) in [6.45, 7) is 4.92. The van der Waals surface area contributed by atoms with Crippen LogP contribution < -0.4 is 20.3 Å². The van der Waals surface area contributed by atoms with Crippen LogP contribution in [0.5, 0.6) is 5.75 Å². The maximum Gasteiger partial charge on any atom is 0.175 e. The van der Waals surface area contributed by atoms with Gasteiger partial charge in [-0.1, -0.05) is 11.8 Å². The molecule has 38 heavy (non-hydrogen) atoms. The summed E-state index contributed by atoms with van der Waals surface area (Å²) in [6.07, 6.45) is 7.17. The lowest BCUT2D eigenvalue weighted by atomic mass is 9.73. The summed E-state index contributed by atoms with van der Waals surface area (Å²) in [5, 5.41) is 10.4. The van der Waals surface area contributed by atoms with Crippen LogP contribution >= 0.6 is 11.8 Å². The first-order valence-electron chi connectivity index (χ1n) is 13.0. The molecule has 3 saturated heterocycles. The number of aliphatic hydroxyl groups is 1. The number of nitrogens with two attached hydrogens (primary N) is 1. The molecule has 1 spiro atoms. The second kappa shape index (κ2) is 9.77. The van der Waals surface area contributed by atoms with Crippen LogP contribution in [-0.2, 0) is 21.2 Å². The number of ether oxygens (including phenoxy) is 2. The molecule has 6 heterocycles. The maximum absolute atomic E-state index is 12.1. The Hall–Kier alpha value is -2.19. The highest BCUT2D eigenvalue weighted by atomic mass is 32.2. The van der Waals surface area contributed by atoms with Crippen molar-refractivity contribution in [1.82, 2.24) is 15.0 Å². The van der Waals surface area contributed by atoms with Crippen LogP contribution in [-0.4, -0.2) is 91.0 Å². The van der Waals surface area contributed by atoms with E-state index in [1.54, 1.807) is 12.4 Å². The van der Waals surface area contributed by atoms with Gasteiger partial charge in [-0.05, 0) is 32.3 Å². The molecule has 0 saturated carbocycles. The molecule has 2 aromatic heterocycles. The Labute approximate surface area is 227 Å². The van der Waals surface area contributed by atoms with E-state index in [-0.39, 0.29) is 30.2 Å². The van der Waals surface area contributed by atoms with Crippen LogP contribution in [0.1, 0.15) is 31.9 Å². The number of aliphatic hydroxyl groups excluding tert-OH is 1. The fourth-order valence-electron chi connectivity index (χ4n) is 6.19. The molecular formula is C25H34N6O5S2. The molecule has 0 aliphatic carbocycles. The number of piperidine rings is 1. The van der Waals surface area contributed by atoms with Gasteiger partial charge in [-0.3, -0.25) is 0 Å². The number of sulfone groups is 1. The van der Waals surface area contributed by atoms with Gasteiger partial charge < -0.3 is 30.1 Å². The lowest BCUT2D eigenvalue weighted by Crippen LogP contribution is -2.51. The highest BCUT2D eigenvalue weighted by molar-refractivity contribution is 7.99. The zero-order valence-electron chi connectivity index (χ0n) is 21.6. The molecule has 0 aromatic carbocycles. The number of fused-ring (bicyclic) bond motifs is 3. The van der Waals surface area contributed by atoms with Gasteiger partial charge in [-0.2, -0.15) is 0 Å². The highest BCUT2D eigenvalue weighted by Crippen LogP contribution is 2.45. The van der Waals surface area contributed by atoms with Crippen molar-refractivity contribution in [3.63, 3.8) is 0 Å². The summed E-state index contributed by atoms with van der Waals surface area (Å²) in [5.74, 6) is 1.99. The van der Waals surface area contributed by atoms with Gasteiger partial charge in [0.1, 0.15) is 17.3 Å². The number of hydrogen-bond acceptors (Lipinski definition) is 12. The van der Waals surface area contributed by atoms with Gasteiger partial charge in [0.05, 0.1) is 41.7 Å². The van der Waals surface area contributed by atoms with Crippen molar-refractivity contribution in [1.29, 1.82) is 0 Å². The zero-order valence-corrected chi connectivity index (χ0v) is 23.2. The number of aromatic nitrogens is 3. The van der Waals surface area contributed by atoms with E-state index < -0.39 is 15.1 Å². The number of nitrogens with zero attached hydrogens (tertiary/aromatic N) is 5. The number of anilines is 2. The van der Waals surface area contributed by atoms with E-state index in [9.17, 15) is 13.5 Å². The molecule has 0 bridgehead atoms. The fourth-order valence-corrected chi connectivity index (χ4v) is 8.05. The first-order chi connectivity index (χ1) is 18.2. The Morgan fingerprint density at radius 3 is 2.74 bits per heavy atom. The summed E-state index contributed by atoms with van der Waals surface area (Å²) >= 11 is 1.40. The molecule has 6 rings (SSSR count). The summed E-state index contributed by atoms with van der Waals surface area (Å²) in [7, 11) is -3.14. The van der Waals surface area contributed by atoms with Crippen molar-refractivity contribution in [2.24, 2.45) is 11.1 Å². The van der Waals surface area contributed by atoms with Gasteiger partial charge in [0, 0.05) is 43.5 Å². The number of pyridine rings is 1. The van der Waals surface area contributed by atoms with Crippen molar-refractivity contribution in [2.45, 2.75) is 66.2 Å². The average molecular weight is 563 g/mol. The molecule has 4 atom stereocenters. The average Bonchev–Trinajstić information content (AvgIpc) is 3.48. The van der Waals surface area contributed by atoms with E-state index in [0.717, 1.165) is 30.8 Å². The summed E-state index contributed by atoms with van der Waals surface area (Å²) < 4.78 is 36.2. The molecule has 11 nitrogen and oxygen atoms in total. The molecule has 2 aromatic rings. The SMILES string of the molecule is C[C@@H]1OCC2(CCN(c3ncc(Sc4ccnc5c4OC[C@@H]4C[C@H](S(C)(=O)=O)CN54)nc3CO)CC2)[C@@H]1N. The Kier molecular flexibility index (Phi) is 6.70. The largest absolute Gasteiger partial charge is 0.486 e. The second-order valence-electron chi connectivity index (χ2n) is 10.9. The quantitative estimate of drug-likeness (QED) is 0.541. The van der Waals surface area contributed by atoms with Crippen molar-refractivity contribution in [3.8, 4) is 5.75 Å². The van der Waals surface area contributed by atoms with E-state index in [4.69, 9.17) is 25.2 Å². The molecule has 13 heteroatoms. The Morgan fingerprint density at radius 1 is 1.26 bits per heavy atom. The minimum absolute atomic E-state index is 0.00715. The van der Waals surface area contributed by atoms with Gasteiger partial charge in [0.2, 0.25) is 0 Å². The fraction of sp³-hybridized carbons (Fsp3) is 0.640. The van der Waals surface area contributed by atoms with Crippen LogP contribution in [0.3, 0.4) is 0 Å². The van der Waals surface area contributed by atoms with E-state index in [1.165, 1.54) is 18.0 Å². The first kappa shape index (κ1) is 26.1. The normalized spacial score (nSPS) is 28.3. The molecule has 4 aliphatic heterocycles. The molecule has 3 N–H and O–H groups in total. The molecule has 0 amide bonds. The monoisotopic (exact) mass is 562 g/mol. The van der Waals surface area contributed by atoms with Gasteiger partial charge in [-0.25, -0.2) is 23.4 Å². The highest BCUT2D eigenvalue weighted by Gasteiger charge is 2.48. The molecular weight excluding hydrogens is 528 g/mol. The number of hydrogen-bond donors (Lipinski definition) is 2. The van der Waals surface area contributed by atoms with Gasteiger partial charge in [0.15, 0.2) is 27.2 Å². The van der Waals surface area contributed by atoms with Crippen LogP contribution in [0.25, 0.3) is 0 Å². The van der Waals surface area contributed by atoms with Gasteiger partial charge in [0.25, 0.3) is 0 Å². The molecule has 3 fully saturated rings. The Morgan fingerprint density at radius 2 is 2.05 bits per heavy atom. The Bertz CT molecular complexity index is 1320. The van der Waals surface area contributed by atoms with Gasteiger partial charge >= 0.3 is 0 Å². The van der Waals surface area contributed by atoms with E-state index in [0.29, 0.717) is 54.3 Å². The predicted molar refractivity (Wildman–Crippen MR) is 143 cm³/mol. The van der Waals surface area contributed by atoms with Crippen molar-refractivity contribution in [3.05, 3.63) is 24.2 Å². The van der Waals surface area contributed by atoms with Crippen LogP contribution in [0.15, 0.2) is 28.4 Å². The molecule has 4 aliphatic rings. The van der Waals surface area contributed by atoms with Crippen LogP contribution in [0, 0.1) is 5.41 Å².